The van der Waals surface area contributed by atoms with Crippen molar-refractivity contribution in [2.75, 3.05) is 0 Å². The lowest BCUT2D eigenvalue weighted by Gasteiger charge is -2.35. The van der Waals surface area contributed by atoms with E-state index in [0.717, 1.165) is 39.0 Å². The largest absolute Gasteiger partial charge is 0.298 e. The van der Waals surface area contributed by atoms with Crippen LogP contribution in [0.25, 0.3) is 27.6 Å². The molecule has 0 saturated carbocycles. The highest BCUT2D eigenvalue weighted by Crippen LogP contribution is 2.54. The van der Waals surface area contributed by atoms with Crippen LogP contribution in [0.2, 0.25) is 0 Å². The van der Waals surface area contributed by atoms with E-state index in [1.54, 1.807) is 6.07 Å². The second-order valence-electron chi connectivity index (χ2n) is 10.6. The summed E-state index contributed by atoms with van der Waals surface area (Å²) in [5.74, 6) is 0.854. The standard InChI is InChI=1S/C25H24FN3O/c1-23(2)11-17-27-15-9-12(26)7-8-13(15)21-28-16-10-14-18(19(23)20(16)29(17)21)25(5,6)22(30)24(14,3)4/h7-10H,11H2,1-6H3. The van der Waals surface area contributed by atoms with Gasteiger partial charge in [0.1, 0.15) is 17.3 Å². The van der Waals surface area contributed by atoms with Gasteiger partial charge in [-0.2, -0.15) is 0 Å². The molecule has 0 N–H and O–H groups in total. The van der Waals surface area contributed by atoms with E-state index in [2.05, 4.69) is 38.2 Å². The van der Waals surface area contributed by atoms with E-state index in [1.807, 2.05) is 13.8 Å². The molecule has 2 aliphatic rings. The molecule has 0 amide bonds. The number of carbonyl (C=O) groups excluding carboxylic acids is 1. The first-order chi connectivity index (χ1) is 13.9. The molecule has 0 fully saturated rings. The Kier molecular flexibility index (Phi) is 2.94. The van der Waals surface area contributed by atoms with Crippen LogP contribution in [0.4, 0.5) is 4.39 Å². The first-order valence-corrected chi connectivity index (χ1v) is 10.5. The zero-order valence-electron chi connectivity index (χ0n) is 18.1. The topological polar surface area (TPSA) is 47.3 Å². The van der Waals surface area contributed by atoms with Crippen LogP contribution in [0.1, 0.15) is 64.1 Å². The number of hydrogen-bond donors (Lipinski definition) is 0. The minimum atomic E-state index is -0.561. The zero-order chi connectivity index (χ0) is 21.4. The molecule has 2 aromatic heterocycles. The Morgan fingerprint density at radius 2 is 1.67 bits per heavy atom. The van der Waals surface area contributed by atoms with Gasteiger partial charge in [0, 0.05) is 28.7 Å². The number of halogens is 1. The molecule has 1 aliphatic heterocycles. The van der Waals surface area contributed by atoms with Gasteiger partial charge in [-0.3, -0.25) is 9.20 Å². The van der Waals surface area contributed by atoms with E-state index in [1.165, 1.54) is 17.7 Å². The molecule has 5 heteroatoms. The Bertz CT molecular complexity index is 1470. The summed E-state index contributed by atoms with van der Waals surface area (Å²) in [6, 6.07) is 6.82. The van der Waals surface area contributed by atoms with Crippen LogP contribution in [0.15, 0.2) is 24.3 Å². The lowest BCUT2D eigenvalue weighted by molar-refractivity contribution is -0.126. The van der Waals surface area contributed by atoms with Crippen LogP contribution in [0.3, 0.4) is 0 Å². The second kappa shape index (κ2) is 4.90. The smallest absolute Gasteiger partial charge is 0.152 e. The molecule has 0 radical (unpaired) electrons. The number of nitrogens with zero attached hydrogens (tertiary/aromatic N) is 3. The number of benzene rings is 2. The quantitative estimate of drug-likeness (QED) is 0.410. The summed E-state index contributed by atoms with van der Waals surface area (Å²) >= 11 is 0. The monoisotopic (exact) mass is 401 g/mol. The highest BCUT2D eigenvalue weighted by atomic mass is 19.1. The molecule has 0 saturated heterocycles. The minimum absolute atomic E-state index is 0.224. The van der Waals surface area contributed by atoms with Crippen molar-refractivity contribution in [3.05, 3.63) is 52.6 Å². The number of carbonyl (C=O) groups is 1. The molecular weight excluding hydrogens is 377 g/mol. The molecule has 0 atom stereocenters. The average molecular weight is 401 g/mol. The van der Waals surface area contributed by atoms with Crippen molar-refractivity contribution in [3.8, 4) is 0 Å². The molecule has 152 valence electrons. The van der Waals surface area contributed by atoms with Crippen molar-refractivity contribution in [2.45, 2.75) is 64.2 Å². The van der Waals surface area contributed by atoms with Crippen molar-refractivity contribution in [1.29, 1.82) is 0 Å². The predicted octanol–water partition coefficient (Wildman–Crippen LogP) is 5.15. The van der Waals surface area contributed by atoms with E-state index in [4.69, 9.17) is 9.97 Å². The molecule has 0 spiro atoms. The zero-order valence-corrected chi connectivity index (χ0v) is 18.1. The van der Waals surface area contributed by atoms with Crippen LogP contribution in [-0.2, 0) is 27.5 Å². The molecule has 0 unspecified atom stereocenters. The van der Waals surface area contributed by atoms with Crippen LogP contribution in [-0.4, -0.2) is 20.2 Å². The molecule has 30 heavy (non-hydrogen) atoms. The van der Waals surface area contributed by atoms with E-state index >= 15 is 0 Å². The van der Waals surface area contributed by atoms with Gasteiger partial charge in [0.15, 0.2) is 5.78 Å². The summed E-state index contributed by atoms with van der Waals surface area (Å²) in [4.78, 5) is 23.2. The summed E-state index contributed by atoms with van der Waals surface area (Å²) in [5.41, 5.74) is 5.49. The third-order valence-electron chi connectivity index (χ3n) is 7.36. The van der Waals surface area contributed by atoms with Gasteiger partial charge >= 0.3 is 0 Å². The van der Waals surface area contributed by atoms with Crippen molar-refractivity contribution < 1.29 is 9.18 Å². The maximum Gasteiger partial charge on any atom is 0.152 e. The van der Waals surface area contributed by atoms with E-state index < -0.39 is 10.8 Å². The predicted molar refractivity (Wildman–Crippen MR) is 116 cm³/mol. The fourth-order valence-corrected chi connectivity index (χ4v) is 6.07. The molecule has 4 aromatic rings. The molecule has 2 aromatic carbocycles. The van der Waals surface area contributed by atoms with Crippen LogP contribution in [0, 0.1) is 5.82 Å². The van der Waals surface area contributed by atoms with Gasteiger partial charge in [-0.1, -0.05) is 13.8 Å². The number of fused-ring (bicyclic) bond motifs is 4. The Balaban J connectivity index is 1.90. The van der Waals surface area contributed by atoms with Crippen molar-refractivity contribution >= 4 is 33.4 Å². The molecule has 1 aliphatic carbocycles. The van der Waals surface area contributed by atoms with Gasteiger partial charge in [-0.05, 0) is 68.0 Å². The minimum Gasteiger partial charge on any atom is -0.298 e. The van der Waals surface area contributed by atoms with Gasteiger partial charge in [0.2, 0.25) is 0 Å². The molecule has 6 rings (SSSR count). The van der Waals surface area contributed by atoms with Crippen molar-refractivity contribution in [2.24, 2.45) is 0 Å². The number of aromatic nitrogens is 3. The number of Topliss-reactive ketones (excluding diaryl/α,β-unsaturated/α-hetero) is 1. The van der Waals surface area contributed by atoms with E-state index in [9.17, 15) is 9.18 Å². The molecular formula is C25H24FN3O. The lowest BCUT2D eigenvalue weighted by Crippen LogP contribution is -2.35. The molecule has 0 bridgehead atoms. The molecule has 3 heterocycles. The summed E-state index contributed by atoms with van der Waals surface area (Å²) in [6.45, 7) is 12.6. The Morgan fingerprint density at radius 3 is 2.40 bits per heavy atom. The summed E-state index contributed by atoms with van der Waals surface area (Å²) in [5, 5.41) is 0.844. The summed E-state index contributed by atoms with van der Waals surface area (Å²) in [6.07, 6.45) is 0.704. The fraction of sp³-hybridized carbons (Fsp3) is 0.400. The normalized spacial score (nSPS) is 20.6. The lowest BCUT2D eigenvalue weighted by atomic mass is 9.71. The van der Waals surface area contributed by atoms with Crippen LogP contribution in [0.5, 0.6) is 0 Å². The second-order valence-corrected chi connectivity index (χ2v) is 10.6. The van der Waals surface area contributed by atoms with Gasteiger partial charge in [0.05, 0.1) is 16.6 Å². The summed E-state index contributed by atoms with van der Waals surface area (Å²) in [7, 11) is 0. The van der Waals surface area contributed by atoms with Gasteiger partial charge in [-0.15, -0.1) is 0 Å². The molecule has 4 nitrogen and oxygen atoms in total. The van der Waals surface area contributed by atoms with E-state index in [0.29, 0.717) is 11.9 Å². The number of ketones is 1. The van der Waals surface area contributed by atoms with Gasteiger partial charge < -0.3 is 0 Å². The Labute approximate surface area is 174 Å². The summed E-state index contributed by atoms with van der Waals surface area (Å²) < 4.78 is 16.0. The highest BCUT2D eigenvalue weighted by Gasteiger charge is 2.54. The van der Waals surface area contributed by atoms with Crippen molar-refractivity contribution in [1.82, 2.24) is 14.4 Å². The third kappa shape index (κ3) is 1.85. The highest BCUT2D eigenvalue weighted by molar-refractivity contribution is 6.07. The average Bonchev–Trinajstić information content (AvgIpc) is 3.09. The first kappa shape index (κ1) is 18.0. The van der Waals surface area contributed by atoms with Crippen molar-refractivity contribution in [3.63, 3.8) is 0 Å². The van der Waals surface area contributed by atoms with Gasteiger partial charge in [0.25, 0.3) is 0 Å². The first-order valence-electron chi connectivity index (χ1n) is 10.5. The maximum absolute atomic E-state index is 13.9. The maximum atomic E-state index is 13.9. The SMILES string of the molecule is CC1(C)Cc2nc3cc(F)ccc3c3nc4cc5c(c1c4n23)C(C)(C)C(=O)C5(C)C. The fourth-order valence-electron chi connectivity index (χ4n) is 6.07. The number of imidazole rings is 1. The number of rotatable bonds is 0. The van der Waals surface area contributed by atoms with Gasteiger partial charge in [-0.25, -0.2) is 14.4 Å². The third-order valence-corrected chi connectivity index (χ3v) is 7.36. The Hall–Kier alpha value is -2.82. The van der Waals surface area contributed by atoms with Crippen LogP contribution >= 0.6 is 0 Å². The van der Waals surface area contributed by atoms with Crippen LogP contribution < -0.4 is 0 Å². The van der Waals surface area contributed by atoms with E-state index in [-0.39, 0.29) is 17.0 Å². The Morgan fingerprint density at radius 1 is 0.933 bits per heavy atom. The number of hydrogen-bond acceptors (Lipinski definition) is 3.